The summed E-state index contributed by atoms with van der Waals surface area (Å²) in [4.78, 5) is 42.4. The third-order valence-electron chi connectivity index (χ3n) is 11.3. The van der Waals surface area contributed by atoms with Crippen molar-refractivity contribution in [2.45, 2.75) is 56.7 Å². The molecular weight excluding hydrogens is 748 g/mol. The van der Waals surface area contributed by atoms with Gasteiger partial charge in [0, 0.05) is 48.3 Å². The van der Waals surface area contributed by atoms with Gasteiger partial charge in [-0.3, -0.25) is 19.0 Å². The Kier molecular flexibility index (Phi) is 10.8. The van der Waals surface area contributed by atoms with E-state index in [-0.39, 0.29) is 34.3 Å². The highest BCUT2D eigenvalue weighted by Gasteiger charge is 2.44. The van der Waals surface area contributed by atoms with E-state index in [9.17, 15) is 23.7 Å². The number of nitrogens with zero attached hydrogens (tertiary/aromatic N) is 4. The number of anilines is 1. The van der Waals surface area contributed by atoms with Gasteiger partial charge in [0.25, 0.3) is 11.8 Å². The SMILES string of the molecule is COc1nn(C)cc1C(=O)NS1(=O)=NC(=O)c2ccc3c(c2)N(C[C@@H]2CC[C@H]2[C@@H](O)/C=C/[C@H](OC(=O)C=N)[C@H](C)C1)C[C@@]1(CCCc2cc(Cl)ccc21)CO3. The molecule has 3 heterocycles. The van der Waals surface area contributed by atoms with Crippen LogP contribution in [0.3, 0.4) is 0 Å². The van der Waals surface area contributed by atoms with E-state index in [2.05, 4.69) is 25.1 Å². The van der Waals surface area contributed by atoms with Gasteiger partial charge >= 0.3 is 5.97 Å². The second kappa shape index (κ2) is 15.4. The first kappa shape index (κ1) is 38.5. The molecule has 1 saturated carbocycles. The monoisotopic (exact) mass is 792 g/mol. The molecule has 1 aromatic heterocycles. The minimum absolute atomic E-state index is 0.0214. The van der Waals surface area contributed by atoms with Crippen LogP contribution in [0.15, 0.2) is 59.1 Å². The maximum Gasteiger partial charge on any atom is 0.349 e. The van der Waals surface area contributed by atoms with Gasteiger partial charge in [0.15, 0.2) is 0 Å². The smallest absolute Gasteiger partial charge is 0.349 e. The molecule has 2 amide bonds. The number of aliphatic hydroxyl groups excluding tert-OH is 1. The molecule has 0 saturated heterocycles. The lowest BCUT2D eigenvalue weighted by Gasteiger charge is -2.45. The van der Waals surface area contributed by atoms with Crippen molar-refractivity contribution in [1.29, 1.82) is 5.41 Å². The van der Waals surface area contributed by atoms with Crippen LogP contribution in [0.4, 0.5) is 5.69 Å². The molecule has 0 radical (unpaired) electrons. The first-order valence-corrected chi connectivity index (χ1v) is 20.4. The van der Waals surface area contributed by atoms with E-state index >= 15 is 0 Å². The molecule has 3 N–H and O–H groups in total. The fraction of sp³-hybridized carbons (Fsp3) is 0.462. The number of ether oxygens (including phenoxy) is 3. The zero-order valence-corrected chi connectivity index (χ0v) is 32.5. The molecule has 2 aliphatic carbocycles. The Hall–Kier alpha value is -4.73. The van der Waals surface area contributed by atoms with Crippen molar-refractivity contribution in [3.8, 4) is 11.6 Å². The number of halogens is 1. The maximum absolute atomic E-state index is 14.8. The second-order valence-corrected chi connectivity index (χ2v) is 17.5. The highest BCUT2D eigenvalue weighted by molar-refractivity contribution is 7.92. The van der Waals surface area contributed by atoms with E-state index in [1.54, 1.807) is 38.2 Å². The third kappa shape index (κ3) is 7.87. The quantitative estimate of drug-likeness (QED) is 0.187. The van der Waals surface area contributed by atoms with E-state index in [0.29, 0.717) is 42.4 Å². The number of aliphatic hydroxyl groups is 1. The lowest BCUT2D eigenvalue weighted by Crippen LogP contribution is -2.49. The normalized spacial score (nSPS) is 29.6. The molecule has 7 rings (SSSR count). The molecular formula is C39H45ClN6O8S. The number of carbonyl (C=O) groups is 3. The first-order valence-electron chi connectivity index (χ1n) is 18.4. The van der Waals surface area contributed by atoms with E-state index < -0.39 is 51.6 Å². The average molecular weight is 793 g/mol. The molecule has 2 aliphatic heterocycles. The summed E-state index contributed by atoms with van der Waals surface area (Å²) in [6.45, 7) is 3.17. The lowest BCUT2D eigenvalue weighted by atomic mass is 9.68. The van der Waals surface area contributed by atoms with E-state index in [0.717, 1.165) is 32.1 Å². The van der Waals surface area contributed by atoms with Gasteiger partial charge in [0.2, 0.25) is 5.88 Å². The summed E-state index contributed by atoms with van der Waals surface area (Å²) in [7, 11) is -1.01. The van der Waals surface area contributed by atoms with Crippen LogP contribution in [0, 0.1) is 23.2 Å². The predicted molar refractivity (Wildman–Crippen MR) is 206 cm³/mol. The standard InChI is InChI=1S/C39H45ClN6O8S/c1-23-20-55(51,44-37(50)29-19-45(2)42-38(29)52-3)43-36(49)25-7-12-34-31(16-25)46(18-26-6-9-28(26)32(47)11-13-33(23)54-35(48)17-41)21-39(22-53-34)14-4-5-24-15-27(40)8-10-30(24)39/h7-8,10-13,15-17,19,23,26,28,32-33,41,47H,4-6,9,14,18,20-22H2,1-3H3,(H,43,44,49,50,51)/b13-11+,41-17?/t23-,26+,28-,32+,33+,39+,55?/m1/s1. The Bertz CT molecular complexity index is 2180. The summed E-state index contributed by atoms with van der Waals surface area (Å²) < 4.78 is 40.2. The number of esters is 1. The molecule has 3 aromatic rings. The molecule has 7 atom stereocenters. The first-order chi connectivity index (χ1) is 26.3. The van der Waals surface area contributed by atoms with Crippen molar-refractivity contribution in [1.82, 2.24) is 14.5 Å². The highest BCUT2D eigenvalue weighted by Crippen LogP contribution is 2.47. The number of carbonyl (C=O) groups excluding carboxylic acids is 3. The minimum atomic E-state index is -3.94. The van der Waals surface area contributed by atoms with Gasteiger partial charge in [-0.15, -0.1) is 9.46 Å². The van der Waals surface area contributed by atoms with Crippen molar-refractivity contribution < 1.29 is 37.9 Å². The summed E-state index contributed by atoms with van der Waals surface area (Å²) in [5, 5.41) is 23.7. The van der Waals surface area contributed by atoms with Crippen LogP contribution in [-0.4, -0.2) is 87.9 Å². The van der Waals surface area contributed by atoms with E-state index in [4.69, 9.17) is 31.2 Å². The van der Waals surface area contributed by atoms with Crippen molar-refractivity contribution in [2.24, 2.45) is 29.2 Å². The largest absolute Gasteiger partial charge is 0.490 e. The molecule has 16 heteroatoms. The van der Waals surface area contributed by atoms with Crippen LogP contribution in [-0.2, 0) is 38.3 Å². The summed E-state index contributed by atoms with van der Waals surface area (Å²) in [6, 6.07) is 11.0. The molecule has 292 valence electrons. The van der Waals surface area contributed by atoms with Gasteiger partial charge in [-0.1, -0.05) is 30.7 Å². The van der Waals surface area contributed by atoms with Crippen LogP contribution in [0.5, 0.6) is 11.6 Å². The third-order valence-corrected chi connectivity index (χ3v) is 13.5. The molecule has 2 bridgehead atoms. The van der Waals surface area contributed by atoms with Gasteiger partial charge < -0.3 is 29.6 Å². The molecule has 1 spiro atoms. The molecule has 1 fully saturated rings. The van der Waals surface area contributed by atoms with Crippen molar-refractivity contribution in [3.63, 3.8) is 0 Å². The van der Waals surface area contributed by atoms with Gasteiger partial charge in [-0.05, 0) is 91.5 Å². The predicted octanol–water partition coefficient (Wildman–Crippen LogP) is 4.66. The van der Waals surface area contributed by atoms with E-state index in [1.165, 1.54) is 35.2 Å². The zero-order valence-electron chi connectivity index (χ0n) is 30.9. The number of benzene rings is 2. The number of aromatic nitrogens is 2. The molecule has 4 aliphatic rings. The molecule has 2 aromatic carbocycles. The Labute approximate surface area is 325 Å². The molecule has 55 heavy (non-hydrogen) atoms. The van der Waals surface area contributed by atoms with Crippen molar-refractivity contribution >= 4 is 51.2 Å². The summed E-state index contributed by atoms with van der Waals surface area (Å²) in [6.07, 6.45) is 7.40. The minimum Gasteiger partial charge on any atom is -0.490 e. The van der Waals surface area contributed by atoms with Crippen LogP contribution >= 0.6 is 11.6 Å². The average Bonchev–Trinajstić information content (AvgIpc) is 3.46. The number of aryl methyl sites for hydroxylation is 2. The summed E-state index contributed by atoms with van der Waals surface area (Å²) in [5.41, 5.74) is 2.79. The van der Waals surface area contributed by atoms with Crippen LogP contribution in [0.1, 0.15) is 64.4 Å². The topological polar surface area (TPSA) is 185 Å². The number of fused-ring (bicyclic) bond motifs is 4. The zero-order chi connectivity index (χ0) is 39.1. The Morgan fingerprint density at radius 2 is 2.02 bits per heavy atom. The van der Waals surface area contributed by atoms with Crippen LogP contribution in [0.25, 0.3) is 0 Å². The van der Waals surface area contributed by atoms with Gasteiger partial charge in [0.1, 0.15) is 33.5 Å². The lowest BCUT2D eigenvalue weighted by molar-refractivity contribution is -0.139. The second-order valence-electron chi connectivity index (χ2n) is 15.0. The summed E-state index contributed by atoms with van der Waals surface area (Å²) in [5.74, 6) is -3.32. The number of rotatable bonds is 5. The Morgan fingerprint density at radius 3 is 2.76 bits per heavy atom. The number of hydrogen-bond donors (Lipinski definition) is 3. The van der Waals surface area contributed by atoms with E-state index in [1.807, 2.05) is 12.1 Å². The van der Waals surface area contributed by atoms with Crippen molar-refractivity contribution in [2.75, 3.05) is 37.5 Å². The van der Waals surface area contributed by atoms with Gasteiger partial charge in [0.05, 0.1) is 31.3 Å². The fourth-order valence-electron chi connectivity index (χ4n) is 8.39. The number of nitrogens with one attached hydrogen (secondary N) is 2. The van der Waals surface area contributed by atoms with Crippen molar-refractivity contribution in [3.05, 3.63) is 82.0 Å². The number of hydrogen-bond acceptors (Lipinski definition) is 11. The van der Waals surface area contributed by atoms with Gasteiger partial charge in [-0.25, -0.2) is 9.00 Å². The Morgan fingerprint density at radius 1 is 1.20 bits per heavy atom. The van der Waals surface area contributed by atoms with Crippen LogP contribution in [0.2, 0.25) is 5.02 Å². The number of methoxy groups -OCH3 is 1. The highest BCUT2D eigenvalue weighted by atomic mass is 35.5. The molecule has 1 unspecified atom stereocenters. The van der Waals surface area contributed by atoms with Gasteiger partial charge in [-0.2, -0.15) is 0 Å². The fourth-order valence-corrected chi connectivity index (χ4v) is 10.5. The molecule has 14 nitrogen and oxygen atoms in total. The number of amides is 2. The summed E-state index contributed by atoms with van der Waals surface area (Å²) >= 11 is 6.44. The Balaban J connectivity index is 1.33. The van der Waals surface area contributed by atoms with Crippen LogP contribution < -0.4 is 19.1 Å². The maximum atomic E-state index is 14.8.